The third-order valence-electron chi connectivity index (χ3n) is 3.78. The minimum atomic E-state index is -0.483. The van der Waals surface area contributed by atoms with Crippen molar-refractivity contribution in [3.63, 3.8) is 0 Å². The zero-order valence-corrected chi connectivity index (χ0v) is 13.1. The Kier molecular flexibility index (Phi) is 4.43. The molecule has 0 aliphatic carbocycles. The van der Waals surface area contributed by atoms with Gasteiger partial charge < -0.3 is 15.4 Å². The highest BCUT2D eigenvalue weighted by atomic mass is 16.6. The molecule has 0 saturated heterocycles. The molecule has 2 N–H and O–H groups in total. The van der Waals surface area contributed by atoms with Gasteiger partial charge in [0, 0.05) is 25.2 Å². The second-order valence-electron chi connectivity index (χ2n) is 5.61. The van der Waals surface area contributed by atoms with Crippen LogP contribution in [-0.4, -0.2) is 16.9 Å². The molecule has 1 heterocycles. The monoisotopic (exact) mass is 327 g/mol. The first-order chi connectivity index (χ1) is 11.5. The summed E-state index contributed by atoms with van der Waals surface area (Å²) in [5.41, 5.74) is 2.73. The fourth-order valence-electron chi connectivity index (χ4n) is 2.45. The van der Waals surface area contributed by atoms with Gasteiger partial charge in [0.2, 0.25) is 0 Å². The number of nitrogens with one attached hydrogen (secondary N) is 2. The number of rotatable bonds is 5. The van der Waals surface area contributed by atoms with E-state index in [0.29, 0.717) is 24.5 Å². The first-order valence-corrected chi connectivity index (χ1v) is 7.57. The number of anilines is 1. The van der Waals surface area contributed by atoms with E-state index in [4.69, 9.17) is 4.74 Å². The lowest BCUT2D eigenvalue weighted by Crippen LogP contribution is -2.34. The Morgan fingerprint density at radius 2 is 1.83 bits per heavy atom. The van der Waals surface area contributed by atoms with Crippen molar-refractivity contribution in [1.82, 2.24) is 5.32 Å². The van der Waals surface area contributed by atoms with Crippen LogP contribution in [0.2, 0.25) is 0 Å². The summed E-state index contributed by atoms with van der Waals surface area (Å²) in [5, 5.41) is 16.7. The second kappa shape index (κ2) is 6.67. The molecule has 0 radical (unpaired) electrons. The Hall–Kier alpha value is -2.93. The van der Waals surface area contributed by atoms with Gasteiger partial charge in [0.05, 0.1) is 10.6 Å². The number of nitrogens with zero attached hydrogens (tertiary/aromatic N) is 1. The number of non-ortho nitro benzene ring substituents is 1. The Balaban J connectivity index is 1.58. The molecular formula is C17H17N3O4. The van der Waals surface area contributed by atoms with Crippen molar-refractivity contribution in [2.24, 2.45) is 0 Å². The maximum Gasteiger partial charge on any atom is 0.269 e. The van der Waals surface area contributed by atoms with Crippen molar-refractivity contribution in [1.29, 1.82) is 0 Å². The fourth-order valence-corrected chi connectivity index (χ4v) is 2.45. The summed E-state index contributed by atoms with van der Waals surface area (Å²) in [6.07, 6.45) is -0.483. The molecule has 2 aromatic rings. The van der Waals surface area contributed by atoms with Crippen LogP contribution in [0.4, 0.5) is 11.4 Å². The van der Waals surface area contributed by atoms with Crippen molar-refractivity contribution < 1.29 is 14.5 Å². The smallest absolute Gasteiger partial charge is 0.269 e. The van der Waals surface area contributed by atoms with Crippen LogP contribution in [0.5, 0.6) is 5.75 Å². The van der Waals surface area contributed by atoms with Crippen molar-refractivity contribution >= 4 is 17.3 Å². The SMILES string of the molecule is CC1Oc2ccc(CNCc3ccc([N+](=O)[O-])cc3)cc2NC1=O. The Morgan fingerprint density at radius 1 is 1.17 bits per heavy atom. The molecule has 1 aliphatic heterocycles. The van der Waals surface area contributed by atoms with E-state index in [9.17, 15) is 14.9 Å². The number of ether oxygens (including phenoxy) is 1. The van der Waals surface area contributed by atoms with Gasteiger partial charge in [-0.15, -0.1) is 0 Å². The van der Waals surface area contributed by atoms with E-state index in [1.54, 1.807) is 19.1 Å². The maximum absolute atomic E-state index is 11.6. The van der Waals surface area contributed by atoms with Gasteiger partial charge in [-0.25, -0.2) is 0 Å². The standard InChI is InChI=1S/C17H17N3O4/c1-11-17(21)19-15-8-13(4-7-16(15)24-11)10-18-9-12-2-5-14(6-3-12)20(22)23/h2-8,11,18H,9-10H2,1H3,(H,19,21). The number of carbonyl (C=O) groups is 1. The zero-order chi connectivity index (χ0) is 17.1. The van der Waals surface area contributed by atoms with Gasteiger partial charge in [-0.1, -0.05) is 18.2 Å². The average Bonchev–Trinajstić information content (AvgIpc) is 2.56. The van der Waals surface area contributed by atoms with Crippen LogP contribution in [0.3, 0.4) is 0 Å². The summed E-state index contributed by atoms with van der Waals surface area (Å²) in [4.78, 5) is 21.8. The van der Waals surface area contributed by atoms with E-state index < -0.39 is 11.0 Å². The molecule has 7 nitrogen and oxygen atoms in total. The van der Waals surface area contributed by atoms with Crippen molar-refractivity contribution in [2.75, 3.05) is 5.32 Å². The lowest BCUT2D eigenvalue weighted by atomic mass is 10.1. The van der Waals surface area contributed by atoms with Crippen LogP contribution in [0.1, 0.15) is 18.1 Å². The molecular weight excluding hydrogens is 310 g/mol. The summed E-state index contributed by atoms with van der Waals surface area (Å²) >= 11 is 0. The predicted molar refractivity (Wildman–Crippen MR) is 88.8 cm³/mol. The topological polar surface area (TPSA) is 93.5 Å². The van der Waals surface area contributed by atoms with E-state index in [1.165, 1.54) is 12.1 Å². The van der Waals surface area contributed by atoms with Crippen LogP contribution in [0.25, 0.3) is 0 Å². The molecule has 0 aromatic heterocycles. The quantitative estimate of drug-likeness (QED) is 0.650. The van der Waals surface area contributed by atoms with E-state index in [0.717, 1.165) is 11.1 Å². The zero-order valence-electron chi connectivity index (χ0n) is 13.1. The minimum Gasteiger partial charge on any atom is -0.479 e. The van der Waals surface area contributed by atoms with Gasteiger partial charge in [-0.05, 0) is 30.2 Å². The Labute approximate surface area is 138 Å². The number of hydrogen-bond donors (Lipinski definition) is 2. The normalized spacial score (nSPS) is 16.0. The first kappa shape index (κ1) is 15.9. The van der Waals surface area contributed by atoms with Crippen LogP contribution < -0.4 is 15.4 Å². The van der Waals surface area contributed by atoms with Crippen LogP contribution in [0.15, 0.2) is 42.5 Å². The van der Waals surface area contributed by atoms with Crippen LogP contribution in [0, 0.1) is 10.1 Å². The van der Waals surface area contributed by atoms with Gasteiger partial charge >= 0.3 is 0 Å². The van der Waals surface area contributed by atoms with Crippen molar-refractivity contribution in [3.05, 3.63) is 63.7 Å². The number of amides is 1. The van der Waals surface area contributed by atoms with Gasteiger partial charge in [0.25, 0.3) is 11.6 Å². The van der Waals surface area contributed by atoms with Gasteiger partial charge in [0.15, 0.2) is 6.10 Å². The molecule has 1 aliphatic rings. The number of fused-ring (bicyclic) bond motifs is 1. The molecule has 7 heteroatoms. The lowest BCUT2D eigenvalue weighted by Gasteiger charge is -2.23. The number of nitro groups is 1. The first-order valence-electron chi connectivity index (χ1n) is 7.57. The van der Waals surface area contributed by atoms with E-state index in [1.807, 2.05) is 18.2 Å². The molecule has 0 fully saturated rings. The summed E-state index contributed by atoms with van der Waals surface area (Å²) in [5.74, 6) is 0.514. The van der Waals surface area contributed by atoms with Gasteiger partial charge in [0.1, 0.15) is 5.75 Å². The van der Waals surface area contributed by atoms with Crippen LogP contribution in [-0.2, 0) is 17.9 Å². The Bertz CT molecular complexity index is 774. The third-order valence-corrected chi connectivity index (χ3v) is 3.78. The highest BCUT2D eigenvalue weighted by Gasteiger charge is 2.23. The molecule has 1 amide bonds. The fraction of sp³-hybridized carbons (Fsp3) is 0.235. The van der Waals surface area contributed by atoms with Gasteiger partial charge in [-0.2, -0.15) is 0 Å². The summed E-state index contributed by atoms with van der Waals surface area (Å²) < 4.78 is 5.52. The summed E-state index contributed by atoms with van der Waals surface area (Å²) in [7, 11) is 0. The van der Waals surface area contributed by atoms with Crippen molar-refractivity contribution in [2.45, 2.75) is 26.1 Å². The summed E-state index contributed by atoms with van der Waals surface area (Å²) in [6.45, 7) is 2.91. The van der Waals surface area contributed by atoms with Gasteiger partial charge in [-0.3, -0.25) is 14.9 Å². The highest BCUT2D eigenvalue weighted by Crippen LogP contribution is 2.30. The molecule has 1 unspecified atom stereocenters. The number of carbonyl (C=O) groups excluding carboxylic acids is 1. The molecule has 2 aromatic carbocycles. The van der Waals surface area contributed by atoms with E-state index in [2.05, 4.69) is 10.6 Å². The molecule has 124 valence electrons. The third kappa shape index (κ3) is 3.52. The number of hydrogen-bond acceptors (Lipinski definition) is 5. The number of benzene rings is 2. The predicted octanol–water partition coefficient (Wildman–Crippen LogP) is 2.60. The van der Waals surface area contributed by atoms with Crippen molar-refractivity contribution in [3.8, 4) is 5.75 Å². The molecule has 0 saturated carbocycles. The summed E-state index contributed by atoms with van der Waals surface area (Å²) in [6, 6.07) is 12.1. The van der Waals surface area contributed by atoms with E-state index >= 15 is 0 Å². The largest absolute Gasteiger partial charge is 0.479 e. The second-order valence-corrected chi connectivity index (χ2v) is 5.61. The van der Waals surface area contributed by atoms with E-state index in [-0.39, 0.29) is 11.6 Å². The lowest BCUT2D eigenvalue weighted by molar-refractivity contribution is -0.384. The number of nitro benzene ring substituents is 1. The molecule has 0 bridgehead atoms. The van der Waals surface area contributed by atoms with Crippen LogP contribution >= 0.6 is 0 Å². The molecule has 0 spiro atoms. The molecule has 3 rings (SSSR count). The molecule has 24 heavy (non-hydrogen) atoms. The average molecular weight is 327 g/mol. The highest BCUT2D eigenvalue weighted by molar-refractivity contribution is 5.97. The Morgan fingerprint density at radius 3 is 2.54 bits per heavy atom. The maximum atomic E-state index is 11.6. The minimum absolute atomic E-state index is 0.0819. The molecule has 1 atom stereocenters.